The van der Waals surface area contributed by atoms with Crippen molar-refractivity contribution in [2.75, 3.05) is 6.61 Å². The molecule has 8 nitrogen and oxygen atoms in total. The zero-order valence-electron chi connectivity index (χ0n) is 15.3. The summed E-state index contributed by atoms with van der Waals surface area (Å²) in [6, 6.07) is 4.76. The van der Waals surface area contributed by atoms with Gasteiger partial charge in [-0.1, -0.05) is 12.1 Å². The molecule has 0 amide bonds. The number of nitrogens with two attached hydrogens (primary N) is 1. The predicted molar refractivity (Wildman–Crippen MR) is 92.9 cm³/mol. The maximum Gasteiger partial charge on any atom is 0.573 e. The minimum Gasteiger partial charge on any atom is -0.463 e. The molecule has 0 radical (unpaired) electrons. The van der Waals surface area contributed by atoms with Crippen molar-refractivity contribution in [2.45, 2.75) is 26.1 Å². The number of alkyl halides is 3. The molecular weight excluding hydrogens is 396 g/mol. The lowest BCUT2D eigenvalue weighted by molar-refractivity contribution is -0.274. The van der Waals surface area contributed by atoms with Gasteiger partial charge in [-0.3, -0.25) is 0 Å². The normalized spacial score (nSPS) is 16.8. The van der Waals surface area contributed by atoms with Crippen LogP contribution in [0.3, 0.4) is 0 Å². The Labute approximate surface area is 163 Å². The van der Waals surface area contributed by atoms with Crippen LogP contribution in [0.4, 0.5) is 13.2 Å². The molecule has 1 aliphatic rings. The Morgan fingerprint density at radius 2 is 2.07 bits per heavy atom. The molecule has 1 aliphatic heterocycles. The van der Waals surface area contributed by atoms with Gasteiger partial charge in [0.1, 0.15) is 23.2 Å². The van der Waals surface area contributed by atoms with E-state index >= 15 is 0 Å². The van der Waals surface area contributed by atoms with Crippen molar-refractivity contribution in [2.24, 2.45) is 5.73 Å². The first-order chi connectivity index (χ1) is 13.5. The fourth-order valence-electron chi connectivity index (χ4n) is 2.85. The number of rotatable bonds is 5. The molecule has 12 heteroatoms. The van der Waals surface area contributed by atoms with Crippen molar-refractivity contribution < 1.29 is 42.2 Å². The van der Waals surface area contributed by atoms with Crippen LogP contribution in [0.25, 0.3) is 0 Å². The van der Waals surface area contributed by atoms with E-state index in [0.29, 0.717) is 0 Å². The summed E-state index contributed by atoms with van der Waals surface area (Å²) in [6.45, 7) is 2.98. The average molecular weight is 412 g/mol. The van der Waals surface area contributed by atoms with Crippen LogP contribution in [0.2, 0.25) is 0 Å². The third kappa shape index (κ3) is 4.82. The SMILES string of the molecule is CCOC(=O)C1=C(C)OC(N)=C(C#N)C1c1ccc(OC(F)(F)F)c(B(O)O)c1. The van der Waals surface area contributed by atoms with Crippen molar-refractivity contribution in [1.82, 2.24) is 0 Å². The second-order valence-corrected chi connectivity index (χ2v) is 5.83. The Kier molecular flexibility index (Phi) is 6.46. The van der Waals surface area contributed by atoms with Gasteiger partial charge in [-0.15, -0.1) is 13.2 Å². The molecule has 0 spiro atoms. The first-order valence-corrected chi connectivity index (χ1v) is 8.21. The molecule has 0 saturated heterocycles. The molecule has 1 atom stereocenters. The van der Waals surface area contributed by atoms with Gasteiger partial charge in [0, 0.05) is 5.46 Å². The van der Waals surface area contributed by atoms with Crippen molar-refractivity contribution in [1.29, 1.82) is 5.26 Å². The van der Waals surface area contributed by atoms with Crippen LogP contribution >= 0.6 is 0 Å². The molecule has 154 valence electrons. The van der Waals surface area contributed by atoms with E-state index in [1.54, 1.807) is 13.0 Å². The summed E-state index contributed by atoms with van der Waals surface area (Å²) in [7, 11) is -2.32. The smallest absolute Gasteiger partial charge is 0.463 e. The van der Waals surface area contributed by atoms with Crippen molar-refractivity contribution in [3.63, 3.8) is 0 Å². The molecule has 2 rings (SSSR count). The predicted octanol–water partition coefficient (Wildman–Crippen LogP) is 0.910. The topological polar surface area (TPSA) is 135 Å². The number of hydrogen-bond donors (Lipinski definition) is 3. The maximum atomic E-state index is 12.6. The zero-order valence-corrected chi connectivity index (χ0v) is 15.3. The Morgan fingerprint density at radius 1 is 1.41 bits per heavy atom. The minimum absolute atomic E-state index is 0.0163. The number of nitriles is 1. The summed E-state index contributed by atoms with van der Waals surface area (Å²) >= 11 is 0. The lowest BCUT2D eigenvalue weighted by Crippen LogP contribution is -2.35. The molecule has 0 aromatic heterocycles. The summed E-state index contributed by atoms with van der Waals surface area (Å²) in [6.07, 6.45) is -5.07. The Bertz CT molecular complexity index is 921. The lowest BCUT2D eigenvalue weighted by atomic mass is 9.75. The molecule has 0 fully saturated rings. The lowest BCUT2D eigenvalue weighted by Gasteiger charge is -2.27. The molecule has 1 heterocycles. The van der Waals surface area contributed by atoms with Gasteiger partial charge in [0.05, 0.1) is 18.1 Å². The number of esters is 1. The molecule has 1 unspecified atom stereocenters. The van der Waals surface area contributed by atoms with Crippen LogP contribution in [0.15, 0.2) is 41.0 Å². The van der Waals surface area contributed by atoms with Gasteiger partial charge in [-0.2, -0.15) is 5.26 Å². The number of hydrogen-bond acceptors (Lipinski definition) is 8. The van der Waals surface area contributed by atoms with Crippen LogP contribution in [0.1, 0.15) is 25.3 Å². The van der Waals surface area contributed by atoms with Crippen LogP contribution in [0, 0.1) is 11.3 Å². The summed E-state index contributed by atoms with van der Waals surface area (Å²) in [4.78, 5) is 12.4. The van der Waals surface area contributed by atoms with Gasteiger partial charge in [0.2, 0.25) is 5.88 Å². The van der Waals surface area contributed by atoms with E-state index in [0.717, 1.165) is 18.2 Å². The molecule has 0 bridgehead atoms. The standard InChI is InChI=1S/C17H16BF3N2O6/c1-3-27-16(24)13-8(2)28-15(23)10(7-22)14(13)9-4-5-12(29-17(19,20)21)11(6-9)18(25)26/h4-6,14,25-26H,3,23H2,1-2H3. The molecule has 0 aliphatic carbocycles. The van der Waals surface area contributed by atoms with E-state index in [1.165, 1.54) is 6.92 Å². The van der Waals surface area contributed by atoms with Gasteiger partial charge < -0.3 is 30.0 Å². The van der Waals surface area contributed by atoms with Crippen molar-refractivity contribution in [3.8, 4) is 11.8 Å². The fraction of sp³-hybridized carbons (Fsp3) is 0.294. The Morgan fingerprint density at radius 3 is 2.59 bits per heavy atom. The third-order valence-electron chi connectivity index (χ3n) is 3.97. The zero-order chi connectivity index (χ0) is 21.9. The largest absolute Gasteiger partial charge is 0.573 e. The van der Waals surface area contributed by atoms with E-state index in [4.69, 9.17) is 15.2 Å². The molecule has 4 N–H and O–H groups in total. The van der Waals surface area contributed by atoms with Crippen LogP contribution in [0.5, 0.6) is 5.75 Å². The molecule has 1 aromatic carbocycles. The van der Waals surface area contributed by atoms with Gasteiger partial charge in [0.25, 0.3) is 0 Å². The first kappa shape index (κ1) is 22.1. The summed E-state index contributed by atoms with van der Waals surface area (Å²) in [5, 5.41) is 28.5. The first-order valence-electron chi connectivity index (χ1n) is 8.21. The Hall–Kier alpha value is -3.17. The highest BCUT2D eigenvalue weighted by molar-refractivity contribution is 6.59. The number of benzene rings is 1. The second-order valence-electron chi connectivity index (χ2n) is 5.83. The van der Waals surface area contributed by atoms with E-state index in [2.05, 4.69) is 4.74 Å². The van der Waals surface area contributed by atoms with Gasteiger partial charge >= 0.3 is 19.5 Å². The highest BCUT2D eigenvalue weighted by Gasteiger charge is 2.38. The number of allylic oxidation sites excluding steroid dienone is 2. The highest BCUT2D eigenvalue weighted by atomic mass is 19.4. The molecule has 0 saturated carbocycles. The fourth-order valence-corrected chi connectivity index (χ4v) is 2.85. The number of nitrogens with zero attached hydrogens (tertiary/aromatic N) is 1. The van der Waals surface area contributed by atoms with Crippen LogP contribution < -0.4 is 15.9 Å². The Balaban J connectivity index is 2.66. The summed E-state index contributed by atoms with van der Waals surface area (Å²) in [5.41, 5.74) is 4.90. The quantitative estimate of drug-likeness (QED) is 0.480. The minimum atomic E-state index is -5.07. The van der Waals surface area contributed by atoms with Crippen molar-refractivity contribution >= 4 is 18.6 Å². The van der Waals surface area contributed by atoms with E-state index in [-0.39, 0.29) is 35.0 Å². The monoisotopic (exact) mass is 412 g/mol. The van der Waals surface area contributed by atoms with Crippen LogP contribution in [-0.2, 0) is 14.3 Å². The highest BCUT2D eigenvalue weighted by Crippen LogP contribution is 2.40. The van der Waals surface area contributed by atoms with E-state index < -0.39 is 36.6 Å². The summed E-state index contributed by atoms with van der Waals surface area (Å²) < 4.78 is 51.7. The maximum absolute atomic E-state index is 12.6. The third-order valence-corrected chi connectivity index (χ3v) is 3.97. The molecule has 1 aromatic rings. The summed E-state index contributed by atoms with van der Waals surface area (Å²) in [5.74, 6) is -3.10. The number of halogens is 3. The number of carbonyl (C=O) groups excluding carboxylic acids is 1. The number of carbonyl (C=O) groups is 1. The van der Waals surface area contributed by atoms with Gasteiger partial charge in [-0.25, -0.2) is 4.79 Å². The second kappa shape index (κ2) is 8.46. The van der Waals surface area contributed by atoms with Crippen LogP contribution in [-0.4, -0.2) is 36.1 Å². The van der Waals surface area contributed by atoms with Crippen molar-refractivity contribution in [3.05, 3.63) is 46.6 Å². The van der Waals surface area contributed by atoms with Gasteiger partial charge in [0.15, 0.2) is 0 Å². The number of ether oxygens (including phenoxy) is 3. The molecule has 29 heavy (non-hydrogen) atoms. The molecular formula is C17H16BF3N2O6. The average Bonchev–Trinajstić information content (AvgIpc) is 2.60. The van der Waals surface area contributed by atoms with Gasteiger partial charge in [-0.05, 0) is 25.5 Å². The van der Waals surface area contributed by atoms with E-state index in [9.17, 15) is 33.3 Å². The van der Waals surface area contributed by atoms with E-state index in [1.807, 2.05) is 0 Å².